The lowest BCUT2D eigenvalue weighted by atomic mass is 9.90. The molecule has 2 amide bonds. The van der Waals surface area contributed by atoms with Crippen molar-refractivity contribution in [1.82, 2.24) is 20.6 Å². The summed E-state index contributed by atoms with van der Waals surface area (Å²) < 4.78 is 5.69. The minimum absolute atomic E-state index is 0.242. The van der Waals surface area contributed by atoms with Gasteiger partial charge in [0.05, 0.1) is 11.0 Å². The Morgan fingerprint density at radius 2 is 1.56 bits per heavy atom. The Morgan fingerprint density at radius 3 is 2.03 bits per heavy atom. The van der Waals surface area contributed by atoms with Crippen LogP contribution in [0.25, 0.3) is 0 Å². The van der Waals surface area contributed by atoms with Crippen LogP contribution in [0.4, 0.5) is 4.79 Å². The summed E-state index contributed by atoms with van der Waals surface area (Å²) in [5.41, 5.74) is -2.19. The maximum atomic E-state index is 12.9. The molecule has 0 unspecified atom stereocenters. The van der Waals surface area contributed by atoms with E-state index in [1.165, 1.54) is 6.07 Å². The third kappa shape index (κ3) is 7.95. The van der Waals surface area contributed by atoms with Gasteiger partial charge in [0.15, 0.2) is 0 Å². The third-order valence-corrected chi connectivity index (χ3v) is 5.67. The third-order valence-electron chi connectivity index (χ3n) is 5.67. The lowest BCUT2D eigenvalue weighted by Gasteiger charge is -2.36. The molecule has 0 spiro atoms. The molecule has 182 valence electrons. The average molecular weight is 451 g/mol. The molecular weight excluding hydrogens is 408 g/mol. The van der Waals surface area contributed by atoms with Crippen LogP contribution in [0.15, 0.2) is 10.9 Å². The van der Waals surface area contributed by atoms with E-state index in [9.17, 15) is 14.4 Å². The number of rotatable bonds is 9. The van der Waals surface area contributed by atoms with Gasteiger partial charge in [-0.15, -0.1) is 0 Å². The SMILES string of the molecule is CCC(CC)(NC(=O)NC(C)(C)CCC(C)(C)OC(=O)C(C)(C)C)c1nc(C)cc(=O)[nH]1. The second-order valence-corrected chi connectivity index (χ2v) is 10.9. The molecule has 8 heteroatoms. The zero-order chi connectivity index (χ0) is 25.0. The summed E-state index contributed by atoms with van der Waals surface area (Å²) in [5, 5.41) is 6.06. The fourth-order valence-corrected chi connectivity index (χ4v) is 3.31. The van der Waals surface area contributed by atoms with Gasteiger partial charge in [0, 0.05) is 17.3 Å². The Hall–Kier alpha value is -2.38. The van der Waals surface area contributed by atoms with Crippen molar-refractivity contribution >= 4 is 12.0 Å². The number of nitrogens with zero attached hydrogens (tertiary/aromatic N) is 1. The van der Waals surface area contributed by atoms with E-state index in [4.69, 9.17) is 4.74 Å². The molecule has 0 aliphatic carbocycles. The molecular formula is C24H42N4O4. The van der Waals surface area contributed by atoms with Gasteiger partial charge in [0.1, 0.15) is 11.4 Å². The predicted octanol–water partition coefficient (Wildman–Crippen LogP) is 4.32. The van der Waals surface area contributed by atoms with E-state index >= 15 is 0 Å². The fourth-order valence-electron chi connectivity index (χ4n) is 3.31. The molecule has 1 rings (SSSR count). The smallest absolute Gasteiger partial charge is 0.316 e. The van der Waals surface area contributed by atoms with Crippen LogP contribution in [0.1, 0.15) is 99.5 Å². The van der Waals surface area contributed by atoms with Gasteiger partial charge in [-0.2, -0.15) is 0 Å². The van der Waals surface area contributed by atoms with E-state index in [0.717, 1.165) is 0 Å². The van der Waals surface area contributed by atoms with Crippen LogP contribution in [-0.2, 0) is 15.1 Å². The zero-order valence-electron chi connectivity index (χ0n) is 21.5. The first-order chi connectivity index (χ1) is 14.5. The van der Waals surface area contributed by atoms with Gasteiger partial charge >= 0.3 is 12.0 Å². The summed E-state index contributed by atoms with van der Waals surface area (Å²) in [6, 6.07) is 1.09. The number of hydrogen-bond donors (Lipinski definition) is 3. The van der Waals surface area contributed by atoms with Gasteiger partial charge in [0.25, 0.3) is 5.56 Å². The van der Waals surface area contributed by atoms with E-state index in [2.05, 4.69) is 20.6 Å². The number of carbonyl (C=O) groups excluding carboxylic acids is 2. The molecule has 0 fully saturated rings. The number of H-pyrrole nitrogens is 1. The highest BCUT2D eigenvalue weighted by Crippen LogP contribution is 2.28. The number of carbonyl (C=O) groups is 2. The van der Waals surface area contributed by atoms with Gasteiger partial charge in [-0.3, -0.25) is 9.59 Å². The standard InChI is InChI=1S/C24H42N4O4/c1-11-24(12-2,18-25-16(3)15-17(29)26-18)28-20(31)27-22(7,8)13-14-23(9,10)32-19(30)21(4,5)6/h15H,11-14H2,1-10H3,(H,25,26,29)(H2,27,28,31). The fraction of sp³-hybridized carbons (Fsp3) is 0.750. The summed E-state index contributed by atoms with van der Waals surface area (Å²) in [4.78, 5) is 44.4. The molecule has 32 heavy (non-hydrogen) atoms. The van der Waals surface area contributed by atoms with Crippen LogP contribution in [0.3, 0.4) is 0 Å². The molecule has 1 aromatic rings. The number of aromatic amines is 1. The van der Waals surface area contributed by atoms with Crippen LogP contribution in [0.5, 0.6) is 0 Å². The number of ether oxygens (including phenoxy) is 1. The number of aromatic nitrogens is 2. The largest absolute Gasteiger partial charge is 0.459 e. The quantitative estimate of drug-likeness (QED) is 0.485. The molecule has 8 nitrogen and oxygen atoms in total. The van der Waals surface area contributed by atoms with Crippen LogP contribution < -0.4 is 16.2 Å². The van der Waals surface area contributed by atoms with E-state index in [-0.39, 0.29) is 17.6 Å². The van der Waals surface area contributed by atoms with Gasteiger partial charge in [-0.25, -0.2) is 9.78 Å². The highest BCUT2D eigenvalue weighted by Gasteiger charge is 2.36. The first kappa shape index (κ1) is 27.7. The lowest BCUT2D eigenvalue weighted by molar-refractivity contribution is -0.167. The van der Waals surface area contributed by atoms with Crippen molar-refractivity contribution in [1.29, 1.82) is 0 Å². The molecule has 0 saturated carbocycles. The molecule has 0 aliphatic heterocycles. The molecule has 0 aromatic carbocycles. The van der Waals surface area contributed by atoms with Crippen molar-refractivity contribution in [3.63, 3.8) is 0 Å². The Kier molecular flexibility index (Phi) is 8.68. The second-order valence-electron chi connectivity index (χ2n) is 10.9. The Morgan fingerprint density at radius 1 is 1.00 bits per heavy atom. The van der Waals surface area contributed by atoms with Gasteiger partial charge in [-0.05, 0) is 81.1 Å². The Labute approximate surface area is 192 Å². The van der Waals surface area contributed by atoms with Crippen molar-refractivity contribution in [2.75, 3.05) is 0 Å². The molecule has 0 radical (unpaired) electrons. The number of hydrogen-bond acceptors (Lipinski definition) is 5. The van der Waals surface area contributed by atoms with Crippen molar-refractivity contribution in [3.05, 3.63) is 27.9 Å². The number of urea groups is 1. The molecule has 0 atom stereocenters. The number of nitrogens with one attached hydrogen (secondary N) is 3. The minimum Gasteiger partial charge on any atom is -0.459 e. The second kappa shape index (κ2) is 10.0. The average Bonchev–Trinajstić information content (AvgIpc) is 2.62. The topological polar surface area (TPSA) is 113 Å². The molecule has 0 aliphatic rings. The predicted molar refractivity (Wildman–Crippen MR) is 126 cm³/mol. The summed E-state index contributed by atoms with van der Waals surface area (Å²) in [6.07, 6.45) is 2.33. The first-order valence-electron chi connectivity index (χ1n) is 11.4. The molecule has 0 bridgehead atoms. The van der Waals surface area contributed by atoms with Crippen LogP contribution >= 0.6 is 0 Å². The number of esters is 1. The minimum atomic E-state index is -0.785. The van der Waals surface area contributed by atoms with Gasteiger partial charge in [0.2, 0.25) is 0 Å². The maximum absolute atomic E-state index is 12.9. The summed E-state index contributed by atoms with van der Waals surface area (Å²) in [5.74, 6) is 0.206. The number of aryl methyl sites for hydroxylation is 1. The summed E-state index contributed by atoms with van der Waals surface area (Å²) in [6.45, 7) is 18.7. The van der Waals surface area contributed by atoms with E-state index in [1.54, 1.807) is 6.92 Å². The zero-order valence-corrected chi connectivity index (χ0v) is 21.5. The van der Waals surface area contributed by atoms with E-state index < -0.39 is 22.1 Å². The number of amides is 2. The molecule has 0 saturated heterocycles. The normalized spacial score (nSPS) is 12.9. The first-order valence-corrected chi connectivity index (χ1v) is 11.4. The van der Waals surface area contributed by atoms with E-state index in [0.29, 0.717) is 37.2 Å². The molecule has 3 N–H and O–H groups in total. The van der Waals surface area contributed by atoms with Gasteiger partial charge < -0.3 is 20.4 Å². The highest BCUT2D eigenvalue weighted by atomic mass is 16.6. The highest BCUT2D eigenvalue weighted by molar-refractivity contribution is 5.76. The summed E-state index contributed by atoms with van der Waals surface area (Å²) >= 11 is 0. The lowest BCUT2D eigenvalue weighted by Crippen LogP contribution is -2.56. The van der Waals surface area contributed by atoms with Crippen molar-refractivity contribution in [3.8, 4) is 0 Å². The van der Waals surface area contributed by atoms with Crippen molar-refractivity contribution < 1.29 is 14.3 Å². The Bertz CT molecular complexity index is 861. The van der Waals surface area contributed by atoms with Crippen LogP contribution in [0.2, 0.25) is 0 Å². The van der Waals surface area contributed by atoms with Crippen molar-refractivity contribution in [2.45, 2.75) is 112 Å². The van der Waals surface area contributed by atoms with Crippen LogP contribution in [0, 0.1) is 12.3 Å². The molecule has 1 heterocycles. The monoisotopic (exact) mass is 450 g/mol. The van der Waals surface area contributed by atoms with E-state index in [1.807, 2.05) is 62.3 Å². The maximum Gasteiger partial charge on any atom is 0.316 e. The van der Waals surface area contributed by atoms with Crippen LogP contribution in [-0.4, -0.2) is 33.1 Å². The Balaban J connectivity index is 2.88. The van der Waals surface area contributed by atoms with Crippen molar-refractivity contribution in [2.24, 2.45) is 5.41 Å². The molecule has 1 aromatic heterocycles. The van der Waals surface area contributed by atoms with Gasteiger partial charge in [-0.1, -0.05) is 13.8 Å². The summed E-state index contributed by atoms with van der Waals surface area (Å²) in [7, 11) is 0.